The lowest BCUT2D eigenvalue weighted by Crippen LogP contribution is -2.14. The van der Waals surface area contributed by atoms with Gasteiger partial charge in [0, 0.05) is 22.4 Å². The minimum atomic E-state index is -0.346. The van der Waals surface area contributed by atoms with Gasteiger partial charge in [0.1, 0.15) is 5.69 Å². The third-order valence-corrected chi connectivity index (χ3v) is 6.48. The molecule has 0 unspecified atom stereocenters. The van der Waals surface area contributed by atoms with Gasteiger partial charge in [0.05, 0.1) is 16.9 Å². The van der Waals surface area contributed by atoms with Crippen molar-refractivity contribution in [2.24, 2.45) is 5.92 Å². The monoisotopic (exact) mass is 477 g/mol. The van der Waals surface area contributed by atoms with E-state index in [-0.39, 0.29) is 11.8 Å². The maximum atomic E-state index is 13.0. The van der Waals surface area contributed by atoms with Gasteiger partial charge in [0.15, 0.2) is 0 Å². The molecule has 0 radical (unpaired) electrons. The molecular weight excluding hydrogens is 454 g/mol. The molecule has 1 fully saturated rings. The number of fused-ring (bicyclic) bond motifs is 1. The standard InChI is InChI=1S/C24H24ClN7O2/c25-16-9-10-18(17(13-16)23-29-31-32-30-23)28-24(34)20-12-15-6-3-7-19(22(15)27-20)26-21(33)11-8-14-4-1-2-5-14/h3,6-7,9-10,12-14,27H,1-2,4-5,8,11H2,(H,26,33)(H,28,34)(H,29,30,31,32). The number of carbonyl (C=O) groups excluding carboxylic acids is 2. The summed E-state index contributed by atoms with van der Waals surface area (Å²) < 4.78 is 0. The predicted molar refractivity (Wildman–Crippen MR) is 131 cm³/mol. The first-order valence-electron chi connectivity index (χ1n) is 11.3. The first-order valence-corrected chi connectivity index (χ1v) is 11.7. The zero-order chi connectivity index (χ0) is 23.5. The number of aromatic nitrogens is 5. The van der Waals surface area contributed by atoms with E-state index >= 15 is 0 Å². The Morgan fingerprint density at radius 3 is 2.71 bits per heavy atom. The van der Waals surface area contributed by atoms with Crippen molar-refractivity contribution in [2.75, 3.05) is 10.6 Å². The molecule has 0 spiro atoms. The smallest absolute Gasteiger partial charge is 0.272 e. The topological polar surface area (TPSA) is 128 Å². The lowest BCUT2D eigenvalue weighted by atomic mass is 10.0. The molecular formula is C24H24ClN7O2. The molecule has 9 nitrogen and oxygen atoms in total. The first kappa shape index (κ1) is 22.1. The van der Waals surface area contributed by atoms with E-state index in [1.165, 1.54) is 25.7 Å². The van der Waals surface area contributed by atoms with Crippen LogP contribution in [0, 0.1) is 5.92 Å². The summed E-state index contributed by atoms with van der Waals surface area (Å²) in [6, 6.07) is 12.4. The molecule has 5 rings (SSSR count). The number of nitrogens with one attached hydrogen (secondary N) is 4. The molecule has 1 aliphatic rings. The average molecular weight is 478 g/mol. The van der Waals surface area contributed by atoms with Crippen LogP contribution in [0.2, 0.25) is 5.02 Å². The van der Waals surface area contributed by atoms with Gasteiger partial charge in [-0.15, -0.1) is 10.2 Å². The van der Waals surface area contributed by atoms with Crippen LogP contribution in [0.1, 0.15) is 49.0 Å². The second-order valence-electron chi connectivity index (χ2n) is 8.57. The van der Waals surface area contributed by atoms with Crippen LogP contribution in [0.3, 0.4) is 0 Å². The Bertz CT molecular complexity index is 1330. The van der Waals surface area contributed by atoms with E-state index in [4.69, 9.17) is 11.6 Å². The van der Waals surface area contributed by atoms with Gasteiger partial charge in [0.25, 0.3) is 5.91 Å². The Hall–Kier alpha value is -3.72. The molecule has 0 bridgehead atoms. The van der Waals surface area contributed by atoms with E-state index in [1.807, 2.05) is 18.2 Å². The molecule has 4 aromatic rings. The Balaban J connectivity index is 1.33. The minimum absolute atomic E-state index is 0.00841. The van der Waals surface area contributed by atoms with Crippen molar-refractivity contribution in [2.45, 2.75) is 38.5 Å². The lowest BCUT2D eigenvalue weighted by molar-refractivity contribution is -0.116. The maximum Gasteiger partial charge on any atom is 0.272 e. The highest BCUT2D eigenvalue weighted by molar-refractivity contribution is 6.31. The Labute approximate surface area is 200 Å². The minimum Gasteiger partial charge on any atom is -0.349 e. The van der Waals surface area contributed by atoms with E-state index in [1.54, 1.807) is 24.3 Å². The van der Waals surface area contributed by atoms with Gasteiger partial charge in [-0.05, 0) is 47.9 Å². The van der Waals surface area contributed by atoms with Crippen LogP contribution in [0.15, 0.2) is 42.5 Å². The second-order valence-corrected chi connectivity index (χ2v) is 9.01. The molecule has 2 aromatic carbocycles. The first-order chi connectivity index (χ1) is 16.6. The van der Waals surface area contributed by atoms with Gasteiger partial charge < -0.3 is 15.6 Å². The summed E-state index contributed by atoms with van der Waals surface area (Å²) in [7, 11) is 0. The summed E-state index contributed by atoms with van der Waals surface area (Å²) in [6.45, 7) is 0. The number of rotatable bonds is 7. The third kappa shape index (κ3) is 4.79. The molecule has 4 N–H and O–H groups in total. The number of tetrazole rings is 1. The Morgan fingerprint density at radius 1 is 1.06 bits per heavy atom. The van der Waals surface area contributed by atoms with Gasteiger partial charge in [-0.2, -0.15) is 5.21 Å². The summed E-state index contributed by atoms with van der Waals surface area (Å²) in [4.78, 5) is 28.7. The van der Waals surface area contributed by atoms with E-state index in [0.29, 0.717) is 51.3 Å². The van der Waals surface area contributed by atoms with Crippen molar-refractivity contribution in [3.8, 4) is 11.4 Å². The number of hydrogen-bond acceptors (Lipinski definition) is 5. The van der Waals surface area contributed by atoms with Crippen LogP contribution in [-0.4, -0.2) is 37.4 Å². The quantitative estimate of drug-likeness (QED) is 0.292. The van der Waals surface area contributed by atoms with Crippen molar-refractivity contribution in [1.29, 1.82) is 0 Å². The van der Waals surface area contributed by atoms with Crippen LogP contribution >= 0.6 is 11.6 Å². The van der Waals surface area contributed by atoms with E-state index in [2.05, 4.69) is 36.2 Å². The number of aromatic amines is 2. The Kier molecular flexibility index (Phi) is 6.27. The van der Waals surface area contributed by atoms with Crippen molar-refractivity contribution in [3.05, 3.63) is 53.2 Å². The summed E-state index contributed by atoms with van der Waals surface area (Å²) in [5.41, 5.74) is 2.76. The Morgan fingerprint density at radius 2 is 1.91 bits per heavy atom. The number of carbonyl (C=O) groups is 2. The number of benzene rings is 2. The fraction of sp³-hybridized carbons (Fsp3) is 0.292. The van der Waals surface area contributed by atoms with Gasteiger partial charge in [-0.25, -0.2) is 0 Å². The molecule has 2 amide bonds. The number of amides is 2. The lowest BCUT2D eigenvalue weighted by Gasteiger charge is -2.10. The largest absolute Gasteiger partial charge is 0.349 e. The van der Waals surface area contributed by atoms with Gasteiger partial charge >= 0.3 is 0 Å². The second kappa shape index (κ2) is 9.64. The summed E-state index contributed by atoms with van der Waals surface area (Å²) in [5.74, 6) is 0.622. The highest BCUT2D eigenvalue weighted by atomic mass is 35.5. The normalized spacial score (nSPS) is 13.9. The summed E-state index contributed by atoms with van der Waals surface area (Å²) in [6.07, 6.45) is 6.41. The number of anilines is 2. The van der Waals surface area contributed by atoms with E-state index < -0.39 is 0 Å². The fourth-order valence-electron chi connectivity index (χ4n) is 4.51. The molecule has 1 aliphatic carbocycles. The average Bonchev–Trinajstić information content (AvgIpc) is 3.60. The van der Waals surface area contributed by atoms with Crippen LogP contribution in [0.25, 0.3) is 22.3 Å². The van der Waals surface area contributed by atoms with Gasteiger partial charge in [-0.3, -0.25) is 9.59 Å². The highest BCUT2D eigenvalue weighted by Crippen LogP contribution is 2.31. The molecule has 0 aliphatic heterocycles. The number of H-pyrrole nitrogens is 2. The number of halogens is 1. The van der Waals surface area contributed by atoms with Crippen LogP contribution in [-0.2, 0) is 4.79 Å². The SMILES string of the molecule is O=C(CCC1CCCC1)Nc1cccc2cc(C(=O)Nc3ccc(Cl)cc3-c3nn[nH]n3)[nH]c12. The molecule has 0 saturated heterocycles. The number of hydrogen-bond donors (Lipinski definition) is 4. The molecule has 1 saturated carbocycles. The predicted octanol–water partition coefficient (Wildman–Crippen LogP) is 5.16. The van der Waals surface area contributed by atoms with Crippen molar-refractivity contribution < 1.29 is 9.59 Å². The molecule has 34 heavy (non-hydrogen) atoms. The zero-order valence-corrected chi connectivity index (χ0v) is 19.2. The van der Waals surface area contributed by atoms with Crippen LogP contribution in [0.4, 0.5) is 11.4 Å². The molecule has 10 heteroatoms. The van der Waals surface area contributed by atoms with E-state index in [0.717, 1.165) is 11.8 Å². The van der Waals surface area contributed by atoms with Crippen molar-refractivity contribution in [3.63, 3.8) is 0 Å². The van der Waals surface area contributed by atoms with Gasteiger partial charge in [-0.1, -0.05) is 49.4 Å². The number of para-hydroxylation sites is 1. The van der Waals surface area contributed by atoms with Crippen molar-refractivity contribution >= 4 is 45.7 Å². The van der Waals surface area contributed by atoms with Gasteiger partial charge in [0.2, 0.25) is 11.7 Å². The maximum absolute atomic E-state index is 13.0. The summed E-state index contributed by atoms with van der Waals surface area (Å²) in [5, 5.41) is 21.1. The van der Waals surface area contributed by atoms with Crippen LogP contribution in [0.5, 0.6) is 0 Å². The fourth-order valence-corrected chi connectivity index (χ4v) is 4.68. The highest BCUT2D eigenvalue weighted by Gasteiger charge is 2.18. The molecule has 2 heterocycles. The summed E-state index contributed by atoms with van der Waals surface area (Å²) >= 11 is 6.12. The number of nitrogens with zero attached hydrogens (tertiary/aromatic N) is 3. The van der Waals surface area contributed by atoms with Crippen LogP contribution < -0.4 is 10.6 Å². The zero-order valence-electron chi connectivity index (χ0n) is 18.4. The third-order valence-electron chi connectivity index (χ3n) is 6.25. The molecule has 0 atom stereocenters. The molecule has 2 aromatic heterocycles. The van der Waals surface area contributed by atoms with E-state index in [9.17, 15) is 9.59 Å². The van der Waals surface area contributed by atoms with Crippen molar-refractivity contribution in [1.82, 2.24) is 25.6 Å². The molecule has 174 valence electrons.